The maximum Gasteiger partial charge on any atom is 0.317 e. The number of rotatable bonds is 11. The minimum atomic E-state index is 0.0785. The standard InChI is InChI=1S/C29H41N3O3/c1-31(29(33)30-24-10-4-5-11-24)18-8-9-19-32-20-26(27(32)21-34-2)23-16-14-22(15-17-23)25-12-6-7-13-28(25)35-3/h6-7,12-17,24,26-27H,4-5,8-11,18-21H2,1-3H3,(H,30,33)/t26-,27+/m0/s1. The van der Waals surface area contributed by atoms with Gasteiger partial charge >= 0.3 is 6.03 Å². The molecule has 2 aromatic carbocycles. The first kappa shape index (κ1) is 25.5. The molecule has 1 N–H and O–H groups in total. The van der Waals surface area contributed by atoms with E-state index in [1.54, 1.807) is 14.2 Å². The van der Waals surface area contributed by atoms with E-state index >= 15 is 0 Å². The van der Waals surface area contributed by atoms with Crippen molar-refractivity contribution in [1.29, 1.82) is 0 Å². The molecule has 35 heavy (non-hydrogen) atoms. The van der Waals surface area contributed by atoms with Crippen molar-refractivity contribution in [3.05, 3.63) is 54.1 Å². The Morgan fingerprint density at radius 2 is 1.80 bits per heavy atom. The van der Waals surface area contributed by atoms with Crippen molar-refractivity contribution in [2.45, 2.75) is 56.5 Å². The molecule has 1 saturated heterocycles. The normalized spacial score (nSPS) is 20.4. The minimum Gasteiger partial charge on any atom is -0.496 e. The highest BCUT2D eigenvalue weighted by Crippen LogP contribution is 2.36. The predicted octanol–water partition coefficient (Wildman–Crippen LogP) is 5.14. The van der Waals surface area contributed by atoms with E-state index < -0.39 is 0 Å². The summed E-state index contributed by atoms with van der Waals surface area (Å²) in [6.45, 7) is 3.64. The van der Waals surface area contributed by atoms with E-state index in [0.717, 1.165) is 63.2 Å². The van der Waals surface area contributed by atoms with Crippen LogP contribution in [0.1, 0.15) is 50.0 Å². The SMILES string of the molecule is COC[C@@H]1[C@H](c2ccc(-c3ccccc3OC)cc2)CN1CCCCN(C)C(=O)NC1CCCC1. The number of benzene rings is 2. The average Bonchev–Trinajstić information content (AvgIpc) is 3.39. The molecule has 6 heteroatoms. The molecule has 2 fully saturated rings. The van der Waals surface area contributed by atoms with E-state index in [0.29, 0.717) is 18.0 Å². The van der Waals surface area contributed by atoms with Gasteiger partial charge in [-0.2, -0.15) is 0 Å². The largest absolute Gasteiger partial charge is 0.496 e. The number of hydrogen-bond acceptors (Lipinski definition) is 4. The number of likely N-dealkylation sites (tertiary alicyclic amines) is 1. The molecule has 1 heterocycles. The zero-order valence-corrected chi connectivity index (χ0v) is 21.5. The van der Waals surface area contributed by atoms with Crippen LogP contribution in [0.15, 0.2) is 48.5 Å². The van der Waals surface area contributed by atoms with E-state index in [1.807, 2.05) is 30.1 Å². The Bertz CT molecular complexity index is 942. The lowest BCUT2D eigenvalue weighted by atomic mass is 9.82. The van der Waals surface area contributed by atoms with Crippen LogP contribution in [0.25, 0.3) is 11.1 Å². The third-order valence-corrected chi connectivity index (χ3v) is 7.68. The van der Waals surface area contributed by atoms with Crippen LogP contribution < -0.4 is 10.1 Å². The van der Waals surface area contributed by atoms with E-state index in [9.17, 15) is 4.79 Å². The van der Waals surface area contributed by atoms with Crippen LogP contribution in [0, 0.1) is 0 Å². The second-order valence-corrected chi connectivity index (χ2v) is 10.0. The van der Waals surface area contributed by atoms with Crippen molar-refractivity contribution in [1.82, 2.24) is 15.1 Å². The van der Waals surface area contributed by atoms with Crippen LogP contribution in [0.5, 0.6) is 5.75 Å². The smallest absolute Gasteiger partial charge is 0.317 e. The maximum absolute atomic E-state index is 12.4. The lowest BCUT2D eigenvalue weighted by molar-refractivity contribution is 0.000452. The summed E-state index contributed by atoms with van der Waals surface area (Å²) in [5.41, 5.74) is 3.66. The Balaban J connectivity index is 1.24. The number of ether oxygens (including phenoxy) is 2. The molecule has 2 aliphatic rings. The van der Waals surface area contributed by atoms with Crippen molar-refractivity contribution in [2.75, 3.05) is 47.5 Å². The van der Waals surface area contributed by atoms with E-state index in [-0.39, 0.29) is 6.03 Å². The molecular weight excluding hydrogens is 438 g/mol. The highest BCUT2D eigenvalue weighted by Gasteiger charge is 2.39. The summed E-state index contributed by atoms with van der Waals surface area (Å²) in [6, 6.07) is 17.9. The van der Waals surface area contributed by atoms with Gasteiger partial charge in [-0.15, -0.1) is 0 Å². The fourth-order valence-corrected chi connectivity index (χ4v) is 5.52. The molecule has 0 unspecified atom stereocenters. The lowest BCUT2D eigenvalue weighted by Gasteiger charge is -2.48. The van der Waals surface area contributed by atoms with Crippen LogP contribution in [0.3, 0.4) is 0 Å². The van der Waals surface area contributed by atoms with Gasteiger partial charge in [0, 0.05) is 50.8 Å². The van der Waals surface area contributed by atoms with Gasteiger partial charge in [0.15, 0.2) is 0 Å². The molecule has 0 bridgehead atoms. The zero-order chi connectivity index (χ0) is 24.6. The molecule has 190 valence electrons. The Hall–Kier alpha value is -2.57. The maximum atomic E-state index is 12.4. The molecule has 0 aromatic heterocycles. The molecule has 1 saturated carbocycles. The highest BCUT2D eigenvalue weighted by molar-refractivity contribution is 5.74. The second-order valence-electron chi connectivity index (χ2n) is 10.0. The van der Waals surface area contributed by atoms with Gasteiger partial charge in [-0.05, 0) is 49.4 Å². The first-order chi connectivity index (χ1) is 17.1. The Kier molecular flexibility index (Phi) is 9.05. The Labute approximate surface area is 210 Å². The molecule has 2 aromatic rings. The molecule has 1 aliphatic heterocycles. The summed E-state index contributed by atoms with van der Waals surface area (Å²) in [5.74, 6) is 1.38. The molecular formula is C29H41N3O3. The van der Waals surface area contributed by atoms with Crippen molar-refractivity contribution < 1.29 is 14.3 Å². The van der Waals surface area contributed by atoms with Crippen LogP contribution in [0.4, 0.5) is 4.79 Å². The number of unbranched alkanes of at least 4 members (excludes halogenated alkanes) is 1. The summed E-state index contributed by atoms with van der Waals surface area (Å²) in [7, 11) is 5.41. The summed E-state index contributed by atoms with van der Waals surface area (Å²) >= 11 is 0. The third kappa shape index (κ3) is 6.36. The molecule has 2 atom stereocenters. The van der Waals surface area contributed by atoms with Gasteiger partial charge in [0.1, 0.15) is 5.75 Å². The summed E-state index contributed by atoms with van der Waals surface area (Å²) < 4.78 is 11.1. The van der Waals surface area contributed by atoms with Crippen LogP contribution >= 0.6 is 0 Å². The summed E-state index contributed by atoms with van der Waals surface area (Å²) in [5, 5.41) is 3.17. The average molecular weight is 480 g/mol. The van der Waals surface area contributed by atoms with Crippen molar-refractivity contribution in [3.63, 3.8) is 0 Å². The third-order valence-electron chi connectivity index (χ3n) is 7.68. The van der Waals surface area contributed by atoms with Gasteiger partial charge in [-0.1, -0.05) is 55.3 Å². The Morgan fingerprint density at radius 3 is 2.51 bits per heavy atom. The zero-order valence-electron chi connectivity index (χ0n) is 21.5. The van der Waals surface area contributed by atoms with E-state index in [4.69, 9.17) is 9.47 Å². The summed E-state index contributed by atoms with van der Waals surface area (Å²) in [6.07, 6.45) is 6.82. The molecule has 6 nitrogen and oxygen atoms in total. The van der Waals surface area contributed by atoms with Crippen LogP contribution in [-0.4, -0.2) is 75.4 Å². The van der Waals surface area contributed by atoms with E-state index in [1.165, 1.54) is 24.0 Å². The molecule has 4 rings (SSSR count). The number of nitrogens with one attached hydrogen (secondary N) is 1. The van der Waals surface area contributed by atoms with Gasteiger partial charge < -0.3 is 19.7 Å². The number of urea groups is 1. The van der Waals surface area contributed by atoms with Crippen LogP contribution in [0.2, 0.25) is 0 Å². The van der Waals surface area contributed by atoms with Gasteiger partial charge in [0.2, 0.25) is 0 Å². The fraction of sp³-hybridized carbons (Fsp3) is 0.552. The van der Waals surface area contributed by atoms with Gasteiger partial charge in [-0.25, -0.2) is 4.79 Å². The highest BCUT2D eigenvalue weighted by atomic mass is 16.5. The number of nitrogens with zero attached hydrogens (tertiary/aromatic N) is 2. The van der Waals surface area contributed by atoms with Gasteiger partial charge in [0.25, 0.3) is 0 Å². The first-order valence-corrected chi connectivity index (χ1v) is 13.1. The number of carbonyl (C=O) groups is 1. The minimum absolute atomic E-state index is 0.0785. The van der Waals surface area contributed by atoms with Crippen molar-refractivity contribution >= 4 is 6.03 Å². The van der Waals surface area contributed by atoms with Crippen molar-refractivity contribution in [2.24, 2.45) is 0 Å². The quantitative estimate of drug-likeness (QED) is 0.454. The molecule has 1 aliphatic carbocycles. The Morgan fingerprint density at radius 1 is 1.06 bits per heavy atom. The van der Waals surface area contributed by atoms with Crippen molar-refractivity contribution in [3.8, 4) is 16.9 Å². The predicted molar refractivity (Wildman–Crippen MR) is 141 cm³/mol. The number of carbonyl (C=O) groups excluding carboxylic acids is 1. The lowest BCUT2D eigenvalue weighted by Crippen LogP contribution is -2.56. The number of amides is 2. The fourth-order valence-electron chi connectivity index (χ4n) is 5.52. The molecule has 0 radical (unpaired) electrons. The van der Waals surface area contributed by atoms with Gasteiger partial charge in [-0.3, -0.25) is 4.90 Å². The van der Waals surface area contributed by atoms with Gasteiger partial charge in [0.05, 0.1) is 13.7 Å². The monoisotopic (exact) mass is 479 g/mol. The number of hydrogen-bond donors (Lipinski definition) is 1. The molecule has 0 spiro atoms. The second kappa shape index (κ2) is 12.4. The topological polar surface area (TPSA) is 54.0 Å². The summed E-state index contributed by atoms with van der Waals surface area (Å²) in [4.78, 5) is 16.7. The van der Waals surface area contributed by atoms with Crippen LogP contribution in [-0.2, 0) is 4.74 Å². The number of methoxy groups -OCH3 is 2. The number of para-hydroxylation sites is 1. The molecule has 2 amide bonds. The van der Waals surface area contributed by atoms with E-state index in [2.05, 4.69) is 40.5 Å². The first-order valence-electron chi connectivity index (χ1n) is 13.1.